The van der Waals surface area contributed by atoms with E-state index < -0.39 is 5.82 Å². The second kappa shape index (κ2) is 9.82. The van der Waals surface area contributed by atoms with Gasteiger partial charge in [0, 0.05) is 32.2 Å². The van der Waals surface area contributed by atoms with E-state index in [2.05, 4.69) is 16.8 Å². The number of unbranched alkanes of at least 4 members (excludes halogenated alkanes) is 2. The number of halogens is 2. The summed E-state index contributed by atoms with van der Waals surface area (Å²) in [6, 6.07) is 5.02. The van der Waals surface area contributed by atoms with Crippen molar-refractivity contribution in [3.63, 3.8) is 0 Å². The van der Waals surface area contributed by atoms with Crippen molar-refractivity contribution in [1.82, 2.24) is 10.2 Å². The highest BCUT2D eigenvalue weighted by atomic mass is 35.5. The predicted octanol–water partition coefficient (Wildman–Crippen LogP) is 3.65. The number of phenols is 1. The third-order valence-electron chi connectivity index (χ3n) is 4.08. The Morgan fingerprint density at radius 1 is 1.32 bits per heavy atom. The number of allylic oxidation sites excluding steroid dienone is 1. The molecule has 2 rings (SSSR count). The minimum absolute atomic E-state index is 0. The van der Waals surface area contributed by atoms with Crippen LogP contribution in [0.25, 0.3) is 0 Å². The molecular formula is C17H26ClFN2O. The van der Waals surface area contributed by atoms with Gasteiger partial charge in [0.25, 0.3) is 0 Å². The Morgan fingerprint density at radius 2 is 2.05 bits per heavy atom. The molecule has 0 bridgehead atoms. The number of phenolic OH excluding ortho intramolecular Hbond substituents is 1. The molecule has 0 spiro atoms. The molecule has 0 aliphatic carbocycles. The minimum Gasteiger partial charge on any atom is -0.505 e. The maximum Gasteiger partial charge on any atom is 0.165 e. The molecule has 0 radical (unpaired) electrons. The van der Waals surface area contributed by atoms with Crippen molar-refractivity contribution >= 4 is 12.4 Å². The van der Waals surface area contributed by atoms with Crippen LogP contribution in [0, 0.1) is 5.82 Å². The molecule has 1 fully saturated rings. The summed E-state index contributed by atoms with van der Waals surface area (Å²) >= 11 is 0. The normalized spacial score (nSPS) is 16.8. The van der Waals surface area contributed by atoms with Crippen LogP contribution in [0.5, 0.6) is 5.75 Å². The average Bonchev–Trinajstić information content (AvgIpc) is 2.51. The first-order chi connectivity index (χ1) is 10.2. The van der Waals surface area contributed by atoms with E-state index in [4.69, 9.17) is 0 Å². The van der Waals surface area contributed by atoms with Crippen LogP contribution in [0.1, 0.15) is 37.3 Å². The topological polar surface area (TPSA) is 35.5 Å². The van der Waals surface area contributed by atoms with E-state index in [1.807, 2.05) is 12.1 Å². The van der Waals surface area contributed by atoms with E-state index in [0.29, 0.717) is 0 Å². The fourth-order valence-electron chi connectivity index (χ4n) is 2.91. The van der Waals surface area contributed by atoms with Crippen molar-refractivity contribution in [2.75, 3.05) is 26.2 Å². The molecule has 3 nitrogen and oxygen atoms in total. The molecule has 1 saturated heterocycles. The van der Waals surface area contributed by atoms with Crippen LogP contribution in [0.4, 0.5) is 4.39 Å². The fraction of sp³-hybridized carbons (Fsp3) is 0.529. The largest absolute Gasteiger partial charge is 0.505 e. The average molecular weight is 329 g/mol. The maximum absolute atomic E-state index is 13.7. The van der Waals surface area contributed by atoms with Crippen LogP contribution in [-0.4, -0.2) is 36.2 Å². The maximum atomic E-state index is 13.7. The summed E-state index contributed by atoms with van der Waals surface area (Å²) in [5.41, 5.74) is 0.964. The van der Waals surface area contributed by atoms with Crippen LogP contribution < -0.4 is 5.32 Å². The molecule has 1 aromatic carbocycles. The zero-order chi connectivity index (χ0) is 15.1. The van der Waals surface area contributed by atoms with Gasteiger partial charge in [0.1, 0.15) is 0 Å². The summed E-state index contributed by atoms with van der Waals surface area (Å²) in [5, 5.41) is 12.7. The molecule has 1 aliphatic heterocycles. The molecule has 2 N–H and O–H groups in total. The van der Waals surface area contributed by atoms with Gasteiger partial charge in [0.05, 0.1) is 0 Å². The first kappa shape index (κ1) is 18.9. The van der Waals surface area contributed by atoms with Gasteiger partial charge in [-0.1, -0.05) is 18.6 Å². The van der Waals surface area contributed by atoms with Gasteiger partial charge < -0.3 is 10.4 Å². The van der Waals surface area contributed by atoms with Crippen molar-refractivity contribution in [3.8, 4) is 5.75 Å². The second-order valence-corrected chi connectivity index (χ2v) is 5.59. The van der Waals surface area contributed by atoms with Gasteiger partial charge in [-0.3, -0.25) is 4.90 Å². The molecule has 22 heavy (non-hydrogen) atoms. The number of piperazine rings is 1. The van der Waals surface area contributed by atoms with E-state index >= 15 is 0 Å². The van der Waals surface area contributed by atoms with Crippen LogP contribution in [-0.2, 0) is 0 Å². The molecule has 0 saturated carbocycles. The highest BCUT2D eigenvalue weighted by molar-refractivity contribution is 5.85. The molecule has 0 unspecified atom stereocenters. The number of rotatable bonds is 7. The smallest absolute Gasteiger partial charge is 0.165 e. The number of hydrogen-bond acceptors (Lipinski definition) is 3. The highest BCUT2D eigenvalue weighted by Gasteiger charge is 2.22. The van der Waals surface area contributed by atoms with Gasteiger partial charge in [-0.25, -0.2) is 4.39 Å². The van der Waals surface area contributed by atoms with Gasteiger partial charge in [-0.15, -0.1) is 19.0 Å². The molecule has 1 aromatic rings. The van der Waals surface area contributed by atoms with Crippen molar-refractivity contribution < 1.29 is 9.50 Å². The molecule has 0 aromatic heterocycles. The zero-order valence-electron chi connectivity index (χ0n) is 12.9. The van der Waals surface area contributed by atoms with Crippen molar-refractivity contribution in [1.29, 1.82) is 0 Å². The van der Waals surface area contributed by atoms with E-state index in [9.17, 15) is 9.50 Å². The van der Waals surface area contributed by atoms with E-state index in [0.717, 1.165) is 57.4 Å². The first-order valence-corrected chi connectivity index (χ1v) is 7.76. The van der Waals surface area contributed by atoms with Crippen LogP contribution in [0.15, 0.2) is 30.9 Å². The lowest BCUT2D eigenvalue weighted by molar-refractivity contribution is 0.162. The van der Waals surface area contributed by atoms with Crippen LogP contribution in [0.2, 0.25) is 0 Å². The number of hydrogen-bond donors (Lipinski definition) is 2. The van der Waals surface area contributed by atoms with Gasteiger partial charge in [-0.05, 0) is 37.0 Å². The Morgan fingerprint density at radius 3 is 2.68 bits per heavy atom. The van der Waals surface area contributed by atoms with Crippen molar-refractivity contribution in [2.24, 2.45) is 0 Å². The summed E-state index contributed by atoms with van der Waals surface area (Å²) in [4.78, 5) is 2.41. The predicted molar refractivity (Wildman–Crippen MR) is 91.2 cm³/mol. The lowest BCUT2D eigenvalue weighted by Crippen LogP contribution is -2.45. The van der Waals surface area contributed by atoms with E-state index in [1.54, 1.807) is 0 Å². The number of benzene rings is 1. The summed E-state index contributed by atoms with van der Waals surface area (Å²) < 4.78 is 13.7. The summed E-state index contributed by atoms with van der Waals surface area (Å²) in [7, 11) is 0. The van der Waals surface area contributed by atoms with E-state index in [-0.39, 0.29) is 24.2 Å². The van der Waals surface area contributed by atoms with Gasteiger partial charge >= 0.3 is 0 Å². The summed E-state index contributed by atoms with van der Waals surface area (Å²) in [6.07, 6.45) is 6.20. The van der Waals surface area contributed by atoms with Gasteiger partial charge in [-0.2, -0.15) is 0 Å². The third-order valence-corrected chi connectivity index (χ3v) is 4.08. The zero-order valence-corrected chi connectivity index (χ0v) is 13.7. The van der Waals surface area contributed by atoms with Gasteiger partial charge in [0.15, 0.2) is 11.6 Å². The minimum atomic E-state index is -0.529. The van der Waals surface area contributed by atoms with Crippen molar-refractivity contribution in [2.45, 2.75) is 31.7 Å². The number of nitrogens with one attached hydrogen (secondary N) is 1. The number of nitrogens with zero attached hydrogens (tertiary/aromatic N) is 1. The lowest BCUT2D eigenvalue weighted by Gasteiger charge is -2.35. The van der Waals surface area contributed by atoms with Crippen LogP contribution >= 0.6 is 12.4 Å². The SMILES string of the molecule is C=CCCCC[C@@H](c1ccc(O)c(F)c1)N1CCNCC1.Cl. The Balaban J connectivity index is 0.00000242. The first-order valence-electron chi connectivity index (χ1n) is 7.76. The quantitative estimate of drug-likeness (QED) is 0.592. The fourth-order valence-corrected chi connectivity index (χ4v) is 2.91. The van der Waals surface area contributed by atoms with Crippen molar-refractivity contribution in [3.05, 3.63) is 42.2 Å². The molecule has 0 amide bonds. The standard InChI is InChI=1S/C17H25FN2O.ClH/c1-2-3-4-5-6-16(20-11-9-19-10-12-20)14-7-8-17(21)15(18)13-14;/h2,7-8,13,16,19,21H,1,3-6,9-12H2;1H/t16-;/m0./s1. The van der Waals surface area contributed by atoms with Gasteiger partial charge in [0.2, 0.25) is 0 Å². The second-order valence-electron chi connectivity index (χ2n) is 5.59. The molecular weight excluding hydrogens is 303 g/mol. The Labute approximate surface area is 138 Å². The molecule has 1 aliphatic rings. The highest BCUT2D eigenvalue weighted by Crippen LogP contribution is 2.29. The third kappa shape index (κ3) is 5.27. The van der Waals surface area contributed by atoms with Crippen LogP contribution in [0.3, 0.4) is 0 Å². The molecule has 124 valence electrons. The molecule has 1 atom stereocenters. The lowest BCUT2D eigenvalue weighted by atomic mass is 9.97. The molecule has 1 heterocycles. The Bertz CT molecular complexity index is 464. The van der Waals surface area contributed by atoms with E-state index in [1.165, 1.54) is 12.1 Å². The molecule has 5 heteroatoms. The summed E-state index contributed by atoms with van der Waals surface area (Å²) in [6.45, 7) is 7.66. The Kier molecular flexibility index (Phi) is 8.46. The number of aromatic hydroxyl groups is 1. The summed E-state index contributed by atoms with van der Waals surface area (Å²) in [5.74, 6) is -0.803. The Hall–Kier alpha value is -1.10. The monoisotopic (exact) mass is 328 g/mol.